The van der Waals surface area contributed by atoms with Crippen LogP contribution in [0.3, 0.4) is 0 Å². The van der Waals surface area contributed by atoms with Crippen molar-refractivity contribution >= 4 is 0 Å². The first kappa shape index (κ1) is 15.0. The zero-order chi connectivity index (χ0) is 13.4. The zero-order valence-corrected chi connectivity index (χ0v) is 11.9. The minimum absolute atomic E-state index is 0.222. The lowest BCUT2D eigenvalue weighted by Gasteiger charge is -2.19. The molecule has 0 heterocycles. The zero-order valence-electron chi connectivity index (χ0n) is 11.9. The van der Waals surface area contributed by atoms with E-state index < -0.39 is 0 Å². The van der Waals surface area contributed by atoms with Crippen molar-refractivity contribution in [2.45, 2.75) is 32.2 Å². The number of para-hydroxylation sites is 1. The lowest BCUT2D eigenvalue weighted by molar-refractivity contribution is 0.139. The predicted molar refractivity (Wildman–Crippen MR) is 75.4 cm³/mol. The van der Waals surface area contributed by atoms with Crippen molar-refractivity contribution in [1.82, 2.24) is 5.32 Å². The van der Waals surface area contributed by atoms with E-state index in [2.05, 4.69) is 31.3 Å². The smallest absolute Gasteiger partial charge is 0.122 e. The molecule has 0 aliphatic heterocycles. The molecule has 0 bridgehead atoms. The fourth-order valence-corrected chi connectivity index (χ4v) is 1.85. The Kier molecular flexibility index (Phi) is 6.76. The maximum absolute atomic E-state index is 5.92. The Morgan fingerprint density at radius 3 is 2.56 bits per heavy atom. The van der Waals surface area contributed by atoms with E-state index in [1.807, 2.05) is 19.2 Å². The average molecular weight is 251 g/mol. The molecule has 0 amide bonds. The molecule has 1 rings (SSSR count). The second-order valence-electron chi connectivity index (χ2n) is 4.60. The Balaban J connectivity index is 2.66. The average Bonchev–Trinajstić information content (AvgIpc) is 2.43. The Morgan fingerprint density at radius 2 is 1.94 bits per heavy atom. The molecule has 0 radical (unpaired) electrons. The van der Waals surface area contributed by atoms with Gasteiger partial charge < -0.3 is 14.8 Å². The molecule has 2 atom stereocenters. The van der Waals surface area contributed by atoms with Crippen LogP contribution in [-0.2, 0) is 4.74 Å². The predicted octanol–water partition coefficient (Wildman–Crippen LogP) is 2.81. The molecule has 0 aromatic heterocycles. The number of nitrogens with one attached hydrogen (secondary N) is 1. The van der Waals surface area contributed by atoms with Gasteiger partial charge in [-0.3, -0.25) is 0 Å². The number of likely N-dealkylation sites (N-methyl/N-ethyl adjacent to an activating group) is 1. The van der Waals surface area contributed by atoms with Crippen molar-refractivity contribution in [3.8, 4) is 5.75 Å². The molecule has 1 N–H and O–H groups in total. The van der Waals surface area contributed by atoms with Gasteiger partial charge in [-0.1, -0.05) is 32.0 Å². The van der Waals surface area contributed by atoms with Crippen LogP contribution in [0.15, 0.2) is 24.3 Å². The van der Waals surface area contributed by atoms with Gasteiger partial charge in [0.15, 0.2) is 0 Å². The number of ether oxygens (including phenoxy) is 2. The van der Waals surface area contributed by atoms with Crippen molar-refractivity contribution in [3.05, 3.63) is 29.8 Å². The van der Waals surface area contributed by atoms with Gasteiger partial charge in [0.2, 0.25) is 0 Å². The highest BCUT2D eigenvalue weighted by Crippen LogP contribution is 2.28. The van der Waals surface area contributed by atoms with Gasteiger partial charge >= 0.3 is 0 Å². The molecule has 3 nitrogen and oxygen atoms in total. The van der Waals surface area contributed by atoms with E-state index >= 15 is 0 Å². The summed E-state index contributed by atoms with van der Waals surface area (Å²) in [5, 5.41) is 3.19. The van der Waals surface area contributed by atoms with Gasteiger partial charge in [0.05, 0.1) is 12.6 Å². The SMILES string of the molecule is CCC(C)c1ccccc1OCC(COC)NC. The summed E-state index contributed by atoms with van der Waals surface area (Å²) in [6, 6.07) is 8.50. The van der Waals surface area contributed by atoms with Crippen LogP contribution in [-0.4, -0.2) is 33.4 Å². The van der Waals surface area contributed by atoms with Crippen LogP contribution in [0.1, 0.15) is 31.7 Å². The van der Waals surface area contributed by atoms with Crippen LogP contribution in [0.25, 0.3) is 0 Å². The van der Waals surface area contributed by atoms with Gasteiger partial charge in [0.25, 0.3) is 0 Å². The Bertz CT molecular complexity index is 341. The summed E-state index contributed by atoms with van der Waals surface area (Å²) in [4.78, 5) is 0. The topological polar surface area (TPSA) is 30.5 Å². The van der Waals surface area contributed by atoms with Crippen molar-refractivity contribution in [2.24, 2.45) is 0 Å². The summed E-state index contributed by atoms with van der Waals surface area (Å²) in [5.74, 6) is 1.51. The first-order valence-electron chi connectivity index (χ1n) is 6.60. The first-order valence-corrected chi connectivity index (χ1v) is 6.60. The summed E-state index contributed by atoms with van der Waals surface area (Å²) < 4.78 is 11.1. The summed E-state index contributed by atoms with van der Waals surface area (Å²) in [6.45, 7) is 5.70. The molecule has 0 aliphatic carbocycles. The van der Waals surface area contributed by atoms with Crippen LogP contribution >= 0.6 is 0 Å². The maximum atomic E-state index is 5.92. The highest BCUT2D eigenvalue weighted by atomic mass is 16.5. The molecule has 2 unspecified atom stereocenters. The third-order valence-electron chi connectivity index (χ3n) is 3.28. The summed E-state index contributed by atoms with van der Waals surface area (Å²) >= 11 is 0. The highest BCUT2D eigenvalue weighted by Gasteiger charge is 2.11. The quantitative estimate of drug-likeness (QED) is 0.770. The number of hydrogen-bond acceptors (Lipinski definition) is 3. The molecule has 0 aliphatic rings. The first-order chi connectivity index (χ1) is 8.72. The number of methoxy groups -OCH3 is 1. The lowest BCUT2D eigenvalue weighted by Crippen LogP contribution is -2.35. The molecule has 0 saturated carbocycles. The van der Waals surface area contributed by atoms with E-state index in [4.69, 9.17) is 9.47 Å². The standard InChI is InChI=1S/C15H25NO2/c1-5-12(2)14-8-6-7-9-15(14)18-11-13(16-3)10-17-4/h6-9,12-13,16H,5,10-11H2,1-4H3. The number of benzene rings is 1. The van der Waals surface area contributed by atoms with Gasteiger partial charge in [0.1, 0.15) is 12.4 Å². The summed E-state index contributed by atoms with van der Waals surface area (Å²) in [6.07, 6.45) is 1.12. The van der Waals surface area contributed by atoms with Gasteiger partial charge in [-0.05, 0) is 31.0 Å². The normalized spacial score (nSPS) is 14.2. The van der Waals surface area contributed by atoms with E-state index in [0.717, 1.165) is 12.2 Å². The van der Waals surface area contributed by atoms with Crippen LogP contribution in [0, 0.1) is 0 Å². The van der Waals surface area contributed by atoms with Crippen molar-refractivity contribution in [2.75, 3.05) is 27.4 Å². The van der Waals surface area contributed by atoms with Crippen molar-refractivity contribution < 1.29 is 9.47 Å². The maximum Gasteiger partial charge on any atom is 0.122 e. The molecule has 102 valence electrons. The Hall–Kier alpha value is -1.06. The highest BCUT2D eigenvalue weighted by molar-refractivity contribution is 5.35. The largest absolute Gasteiger partial charge is 0.492 e. The molecule has 1 aromatic carbocycles. The summed E-state index contributed by atoms with van der Waals surface area (Å²) in [7, 11) is 3.63. The van der Waals surface area contributed by atoms with Crippen LogP contribution in [0.4, 0.5) is 0 Å². The van der Waals surface area contributed by atoms with Crippen molar-refractivity contribution in [3.63, 3.8) is 0 Å². The molecule has 3 heteroatoms. The molecular weight excluding hydrogens is 226 g/mol. The third kappa shape index (κ3) is 4.31. The monoisotopic (exact) mass is 251 g/mol. The van der Waals surface area contributed by atoms with Gasteiger partial charge in [0, 0.05) is 7.11 Å². The third-order valence-corrected chi connectivity index (χ3v) is 3.28. The second kappa shape index (κ2) is 8.11. The molecule has 0 fully saturated rings. The minimum atomic E-state index is 0.222. The van der Waals surface area contributed by atoms with Gasteiger partial charge in [-0.25, -0.2) is 0 Å². The van der Waals surface area contributed by atoms with Gasteiger partial charge in [-0.2, -0.15) is 0 Å². The van der Waals surface area contributed by atoms with E-state index in [9.17, 15) is 0 Å². The molecule has 0 spiro atoms. The number of hydrogen-bond donors (Lipinski definition) is 1. The summed E-state index contributed by atoms with van der Waals surface area (Å²) in [5.41, 5.74) is 1.28. The minimum Gasteiger partial charge on any atom is -0.492 e. The van der Waals surface area contributed by atoms with Crippen molar-refractivity contribution in [1.29, 1.82) is 0 Å². The fraction of sp³-hybridized carbons (Fsp3) is 0.600. The van der Waals surface area contributed by atoms with E-state index in [1.165, 1.54) is 5.56 Å². The van der Waals surface area contributed by atoms with E-state index in [-0.39, 0.29) is 6.04 Å². The van der Waals surface area contributed by atoms with Gasteiger partial charge in [-0.15, -0.1) is 0 Å². The van der Waals surface area contributed by atoms with E-state index in [1.54, 1.807) is 7.11 Å². The molecule has 18 heavy (non-hydrogen) atoms. The molecule has 0 saturated heterocycles. The second-order valence-corrected chi connectivity index (χ2v) is 4.60. The molecule has 1 aromatic rings. The lowest BCUT2D eigenvalue weighted by atomic mass is 9.98. The Morgan fingerprint density at radius 1 is 1.22 bits per heavy atom. The van der Waals surface area contributed by atoms with Crippen LogP contribution < -0.4 is 10.1 Å². The molecular formula is C15H25NO2. The fourth-order valence-electron chi connectivity index (χ4n) is 1.85. The van der Waals surface area contributed by atoms with Crippen LogP contribution in [0.5, 0.6) is 5.75 Å². The Labute approximate surface area is 110 Å². The van der Waals surface area contributed by atoms with E-state index in [0.29, 0.717) is 19.1 Å². The number of rotatable bonds is 8. The van der Waals surface area contributed by atoms with Crippen LogP contribution in [0.2, 0.25) is 0 Å².